The third-order valence-electron chi connectivity index (χ3n) is 3.16. The van der Waals surface area contributed by atoms with E-state index in [9.17, 15) is 9.59 Å². The summed E-state index contributed by atoms with van der Waals surface area (Å²) in [7, 11) is 0. The lowest BCUT2D eigenvalue weighted by atomic mass is 9.96. The fourth-order valence-electron chi connectivity index (χ4n) is 1.77. The van der Waals surface area contributed by atoms with Crippen LogP contribution in [0.1, 0.15) is 79.1 Å². The van der Waals surface area contributed by atoms with Crippen LogP contribution in [0.15, 0.2) is 0 Å². The van der Waals surface area contributed by atoms with Crippen LogP contribution < -0.4 is 5.32 Å². The summed E-state index contributed by atoms with van der Waals surface area (Å²) in [5, 5.41) is 2.94. The van der Waals surface area contributed by atoms with Gasteiger partial charge >= 0.3 is 0 Å². The van der Waals surface area contributed by atoms with E-state index in [0.717, 1.165) is 57.9 Å². The molecule has 0 bridgehead atoms. The van der Waals surface area contributed by atoms with Gasteiger partial charge in [-0.1, -0.05) is 47.0 Å². The first-order chi connectivity index (χ1) is 8.88. The molecule has 0 spiro atoms. The van der Waals surface area contributed by atoms with Gasteiger partial charge in [-0.2, -0.15) is 0 Å². The van der Waals surface area contributed by atoms with Crippen molar-refractivity contribution in [2.75, 3.05) is 6.54 Å². The molecule has 0 saturated heterocycles. The van der Waals surface area contributed by atoms with Crippen LogP contribution in [0.5, 0.6) is 0 Å². The van der Waals surface area contributed by atoms with Crippen molar-refractivity contribution in [1.82, 2.24) is 5.32 Å². The molecule has 112 valence electrons. The Hall–Kier alpha value is -0.860. The topological polar surface area (TPSA) is 46.2 Å². The Morgan fingerprint density at radius 2 is 1.47 bits per heavy atom. The number of ketones is 1. The monoisotopic (exact) mass is 269 g/mol. The number of carbonyl (C=O) groups excluding carboxylic acids is 2. The molecule has 0 saturated carbocycles. The van der Waals surface area contributed by atoms with Crippen molar-refractivity contribution in [3.63, 3.8) is 0 Å². The molecule has 0 aliphatic rings. The Morgan fingerprint density at radius 3 is 2.05 bits per heavy atom. The van der Waals surface area contributed by atoms with Crippen LogP contribution in [0.2, 0.25) is 0 Å². The van der Waals surface area contributed by atoms with Crippen LogP contribution in [0.25, 0.3) is 0 Å². The van der Waals surface area contributed by atoms with Crippen LogP contribution in [0.4, 0.5) is 0 Å². The number of rotatable bonds is 10. The summed E-state index contributed by atoms with van der Waals surface area (Å²) >= 11 is 0. The van der Waals surface area contributed by atoms with Crippen LogP contribution >= 0.6 is 0 Å². The van der Waals surface area contributed by atoms with E-state index in [2.05, 4.69) is 12.2 Å². The molecular formula is C16H31NO2. The van der Waals surface area contributed by atoms with Crippen molar-refractivity contribution in [3.8, 4) is 0 Å². The lowest BCUT2D eigenvalue weighted by Gasteiger charge is -2.17. The molecule has 0 aliphatic carbocycles. The van der Waals surface area contributed by atoms with Crippen molar-refractivity contribution >= 4 is 11.7 Å². The highest BCUT2D eigenvalue weighted by molar-refractivity contribution is 5.81. The standard InChI is InChI=1S/C16H31NO2/c1-5-6-11-14(18)12-9-7-8-10-13-17-15(19)16(2,3)4/h5-13H2,1-4H3,(H,17,19). The van der Waals surface area contributed by atoms with Gasteiger partial charge in [-0.05, 0) is 19.3 Å². The highest BCUT2D eigenvalue weighted by Gasteiger charge is 2.19. The van der Waals surface area contributed by atoms with E-state index in [1.807, 2.05) is 20.8 Å². The molecule has 0 aromatic carbocycles. The van der Waals surface area contributed by atoms with Crippen LogP contribution in [-0.4, -0.2) is 18.2 Å². The minimum Gasteiger partial charge on any atom is -0.356 e. The van der Waals surface area contributed by atoms with Gasteiger partial charge < -0.3 is 5.32 Å². The van der Waals surface area contributed by atoms with E-state index < -0.39 is 0 Å². The molecule has 3 heteroatoms. The first kappa shape index (κ1) is 18.1. The van der Waals surface area contributed by atoms with Gasteiger partial charge in [0.15, 0.2) is 0 Å². The van der Waals surface area contributed by atoms with Gasteiger partial charge in [-0.15, -0.1) is 0 Å². The zero-order chi connectivity index (χ0) is 14.7. The van der Waals surface area contributed by atoms with Crippen LogP contribution in [0.3, 0.4) is 0 Å². The lowest BCUT2D eigenvalue weighted by Crippen LogP contribution is -2.35. The average Bonchev–Trinajstić information content (AvgIpc) is 2.33. The van der Waals surface area contributed by atoms with Gasteiger partial charge in [-0.25, -0.2) is 0 Å². The quantitative estimate of drug-likeness (QED) is 0.612. The molecule has 0 unspecified atom stereocenters. The number of hydrogen-bond acceptors (Lipinski definition) is 2. The van der Waals surface area contributed by atoms with E-state index in [0.29, 0.717) is 5.78 Å². The Bertz CT molecular complexity index is 266. The molecule has 0 radical (unpaired) electrons. The minimum atomic E-state index is -0.300. The van der Waals surface area contributed by atoms with E-state index >= 15 is 0 Å². The summed E-state index contributed by atoms with van der Waals surface area (Å²) in [5.74, 6) is 0.519. The maximum absolute atomic E-state index is 11.6. The molecular weight excluding hydrogens is 238 g/mol. The molecule has 0 aromatic rings. The summed E-state index contributed by atoms with van der Waals surface area (Å²) in [4.78, 5) is 23.0. The summed E-state index contributed by atoms with van der Waals surface area (Å²) in [5.41, 5.74) is -0.300. The largest absolute Gasteiger partial charge is 0.356 e. The number of carbonyl (C=O) groups is 2. The molecule has 0 rings (SSSR count). The Morgan fingerprint density at radius 1 is 0.895 bits per heavy atom. The molecule has 1 amide bonds. The Labute approximate surface area is 118 Å². The fourth-order valence-corrected chi connectivity index (χ4v) is 1.77. The van der Waals surface area contributed by atoms with E-state index in [4.69, 9.17) is 0 Å². The zero-order valence-electron chi connectivity index (χ0n) is 13.2. The van der Waals surface area contributed by atoms with Crippen molar-refractivity contribution in [2.45, 2.75) is 79.1 Å². The van der Waals surface area contributed by atoms with Crippen LogP contribution in [0, 0.1) is 5.41 Å². The third-order valence-corrected chi connectivity index (χ3v) is 3.16. The van der Waals surface area contributed by atoms with Gasteiger partial charge in [0, 0.05) is 24.8 Å². The molecule has 1 N–H and O–H groups in total. The van der Waals surface area contributed by atoms with Crippen molar-refractivity contribution in [1.29, 1.82) is 0 Å². The number of Topliss-reactive ketones (excluding diaryl/α,β-unsaturated/α-hetero) is 1. The first-order valence-corrected chi connectivity index (χ1v) is 7.68. The molecule has 0 aliphatic heterocycles. The average molecular weight is 269 g/mol. The van der Waals surface area contributed by atoms with Crippen LogP contribution in [-0.2, 0) is 9.59 Å². The summed E-state index contributed by atoms with van der Waals surface area (Å²) in [6.45, 7) is 8.62. The smallest absolute Gasteiger partial charge is 0.225 e. The molecule has 0 heterocycles. The summed E-state index contributed by atoms with van der Waals surface area (Å²) < 4.78 is 0. The van der Waals surface area contributed by atoms with E-state index in [1.165, 1.54) is 0 Å². The minimum absolute atomic E-state index is 0.113. The normalized spacial score (nSPS) is 11.4. The number of unbranched alkanes of at least 4 members (excludes halogenated alkanes) is 4. The zero-order valence-corrected chi connectivity index (χ0v) is 13.2. The van der Waals surface area contributed by atoms with E-state index in [-0.39, 0.29) is 11.3 Å². The highest BCUT2D eigenvalue weighted by Crippen LogP contribution is 2.12. The number of hydrogen-bond donors (Lipinski definition) is 1. The predicted molar refractivity (Wildman–Crippen MR) is 80.1 cm³/mol. The van der Waals surface area contributed by atoms with Crippen molar-refractivity contribution in [2.24, 2.45) is 5.41 Å². The van der Waals surface area contributed by atoms with Crippen molar-refractivity contribution in [3.05, 3.63) is 0 Å². The molecule has 3 nitrogen and oxygen atoms in total. The second-order valence-corrected chi connectivity index (χ2v) is 6.31. The second kappa shape index (κ2) is 9.99. The Kier molecular flexibility index (Phi) is 9.54. The molecule has 0 aromatic heterocycles. The second-order valence-electron chi connectivity index (χ2n) is 6.31. The SMILES string of the molecule is CCCCC(=O)CCCCCCNC(=O)C(C)(C)C. The highest BCUT2D eigenvalue weighted by atomic mass is 16.2. The Balaban J connectivity index is 3.37. The van der Waals surface area contributed by atoms with Crippen molar-refractivity contribution < 1.29 is 9.59 Å². The van der Waals surface area contributed by atoms with Gasteiger partial charge in [0.05, 0.1) is 0 Å². The third kappa shape index (κ3) is 10.7. The van der Waals surface area contributed by atoms with Gasteiger partial charge in [0.1, 0.15) is 5.78 Å². The van der Waals surface area contributed by atoms with Gasteiger partial charge in [0.2, 0.25) is 5.91 Å². The number of amides is 1. The summed E-state index contributed by atoms with van der Waals surface area (Å²) in [6.07, 6.45) is 7.78. The van der Waals surface area contributed by atoms with Gasteiger partial charge in [-0.3, -0.25) is 9.59 Å². The first-order valence-electron chi connectivity index (χ1n) is 7.68. The number of nitrogens with one attached hydrogen (secondary N) is 1. The van der Waals surface area contributed by atoms with E-state index in [1.54, 1.807) is 0 Å². The fraction of sp³-hybridized carbons (Fsp3) is 0.875. The maximum Gasteiger partial charge on any atom is 0.225 e. The summed E-state index contributed by atoms with van der Waals surface area (Å²) in [6, 6.07) is 0. The maximum atomic E-state index is 11.6. The predicted octanol–water partition coefficient (Wildman–Crippen LogP) is 3.86. The molecule has 19 heavy (non-hydrogen) atoms. The lowest BCUT2D eigenvalue weighted by molar-refractivity contribution is -0.128. The molecule has 0 fully saturated rings. The molecule has 0 atom stereocenters. The van der Waals surface area contributed by atoms with Gasteiger partial charge in [0.25, 0.3) is 0 Å².